The minimum atomic E-state index is -1.44. The first-order valence-corrected chi connectivity index (χ1v) is 6.13. The second kappa shape index (κ2) is 5.33. The molecule has 0 saturated carbocycles. The Morgan fingerprint density at radius 3 is 2.21 bits per heavy atom. The maximum absolute atomic E-state index is 11.5. The van der Waals surface area contributed by atoms with Gasteiger partial charge in [0.15, 0.2) is 0 Å². The van der Waals surface area contributed by atoms with Crippen molar-refractivity contribution in [2.24, 2.45) is 0 Å². The number of rotatable bonds is 4. The number of hydrogen-bond donors (Lipinski definition) is 1. The normalized spacial score (nSPS) is 13.6. The van der Waals surface area contributed by atoms with Gasteiger partial charge < -0.3 is 9.84 Å². The van der Waals surface area contributed by atoms with Crippen molar-refractivity contribution in [3.05, 3.63) is 65.2 Å². The molecule has 19 heavy (non-hydrogen) atoms. The summed E-state index contributed by atoms with van der Waals surface area (Å²) >= 11 is 5.79. The van der Waals surface area contributed by atoms with Gasteiger partial charge >= 0.3 is 5.97 Å². The molecule has 0 aromatic heterocycles. The lowest BCUT2D eigenvalue weighted by molar-refractivity contribution is -0.154. The molecule has 0 unspecified atom stereocenters. The third-order valence-corrected chi connectivity index (χ3v) is 3.12. The molecule has 0 aliphatic heterocycles. The highest BCUT2D eigenvalue weighted by Crippen LogP contribution is 2.29. The average molecular weight is 277 g/mol. The van der Waals surface area contributed by atoms with Crippen LogP contribution in [0, 0.1) is 0 Å². The summed E-state index contributed by atoms with van der Waals surface area (Å²) in [5.74, 6) is -0.591. The summed E-state index contributed by atoms with van der Waals surface area (Å²) in [6, 6.07) is 15.4. The van der Waals surface area contributed by atoms with Crippen LogP contribution in [0.25, 0.3) is 0 Å². The molecule has 2 aromatic carbocycles. The van der Waals surface area contributed by atoms with E-state index in [1.54, 1.807) is 48.5 Å². The van der Waals surface area contributed by atoms with Crippen LogP contribution < -0.4 is 4.74 Å². The number of carboxylic acid groups (broad SMARTS) is 1. The summed E-state index contributed by atoms with van der Waals surface area (Å²) < 4.78 is 5.65. The molecule has 1 N–H and O–H groups in total. The number of carboxylic acids is 1. The van der Waals surface area contributed by atoms with E-state index in [4.69, 9.17) is 16.3 Å². The molecule has 2 aromatic rings. The minimum Gasteiger partial charge on any atom is -0.478 e. The Balaban J connectivity index is 2.36. The average Bonchev–Trinajstić information content (AvgIpc) is 2.42. The van der Waals surface area contributed by atoms with Gasteiger partial charge in [-0.2, -0.15) is 0 Å². The number of benzene rings is 2. The van der Waals surface area contributed by atoms with Gasteiger partial charge in [-0.05, 0) is 31.2 Å². The predicted molar refractivity (Wildman–Crippen MR) is 73.5 cm³/mol. The van der Waals surface area contributed by atoms with Crippen LogP contribution >= 0.6 is 11.6 Å². The van der Waals surface area contributed by atoms with Crippen molar-refractivity contribution in [1.82, 2.24) is 0 Å². The smallest absolute Gasteiger partial charge is 0.352 e. The van der Waals surface area contributed by atoms with Gasteiger partial charge in [-0.3, -0.25) is 0 Å². The Labute approximate surface area is 116 Å². The molecule has 0 heterocycles. The molecule has 0 amide bonds. The quantitative estimate of drug-likeness (QED) is 0.926. The fraction of sp³-hybridized carbons (Fsp3) is 0.133. The van der Waals surface area contributed by atoms with Gasteiger partial charge in [-0.1, -0.05) is 41.9 Å². The summed E-state index contributed by atoms with van der Waals surface area (Å²) in [6.45, 7) is 1.53. The molecule has 0 aliphatic rings. The van der Waals surface area contributed by atoms with Gasteiger partial charge in [0.2, 0.25) is 5.60 Å². The SMILES string of the molecule is C[C@](Oc1ccc(Cl)cc1)(C(=O)O)c1ccccc1. The first kappa shape index (κ1) is 13.4. The van der Waals surface area contributed by atoms with Crippen molar-refractivity contribution in [1.29, 1.82) is 0 Å². The summed E-state index contributed by atoms with van der Waals surface area (Å²) in [7, 11) is 0. The van der Waals surface area contributed by atoms with E-state index in [0.717, 1.165) is 0 Å². The number of hydrogen-bond acceptors (Lipinski definition) is 2. The van der Waals surface area contributed by atoms with Crippen molar-refractivity contribution >= 4 is 17.6 Å². The fourth-order valence-electron chi connectivity index (χ4n) is 1.72. The highest BCUT2D eigenvalue weighted by Gasteiger charge is 2.37. The van der Waals surface area contributed by atoms with Gasteiger partial charge in [0.1, 0.15) is 5.75 Å². The van der Waals surface area contributed by atoms with Crippen molar-refractivity contribution in [2.75, 3.05) is 0 Å². The van der Waals surface area contributed by atoms with Crippen LogP contribution in [0.2, 0.25) is 5.02 Å². The lowest BCUT2D eigenvalue weighted by Gasteiger charge is -2.26. The maximum Gasteiger partial charge on any atom is 0.352 e. The first-order valence-electron chi connectivity index (χ1n) is 5.76. The van der Waals surface area contributed by atoms with Crippen LogP contribution in [0.3, 0.4) is 0 Å². The monoisotopic (exact) mass is 276 g/mol. The van der Waals surface area contributed by atoms with E-state index in [9.17, 15) is 9.90 Å². The molecular weight excluding hydrogens is 264 g/mol. The fourth-order valence-corrected chi connectivity index (χ4v) is 1.85. The molecule has 0 bridgehead atoms. The van der Waals surface area contributed by atoms with Crippen LogP contribution in [0.4, 0.5) is 0 Å². The number of halogens is 1. The molecular formula is C15H13ClO3. The van der Waals surface area contributed by atoms with E-state index in [0.29, 0.717) is 16.3 Å². The van der Waals surface area contributed by atoms with Gasteiger partial charge in [0.25, 0.3) is 0 Å². The number of ether oxygens (including phenoxy) is 1. The van der Waals surface area contributed by atoms with E-state index in [2.05, 4.69) is 0 Å². The van der Waals surface area contributed by atoms with Crippen molar-refractivity contribution in [3.63, 3.8) is 0 Å². The van der Waals surface area contributed by atoms with Crippen molar-refractivity contribution < 1.29 is 14.6 Å². The van der Waals surface area contributed by atoms with E-state index >= 15 is 0 Å². The van der Waals surface area contributed by atoms with Crippen LogP contribution in [0.5, 0.6) is 5.75 Å². The maximum atomic E-state index is 11.5. The van der Waals surface area contributed by atoms with E-state index in [-0.39, 0.29) is 0 Å². The zero-order valence-electron chi connectivity index (χ0n) is 10.3. The van der Waals surface area contributed by atoms with E-state index in [1.807, 2.05) is 6.07 Å². The summed E-state index contributed by atoms with van der Waals surface area (Å²) in [4.78, 5) is 11.5. The van der Waals surface area contributed by atoms with Gasteiger partial charge in [0.05, 0.1) is 0 Å². The van der Waals surface area contributed by atoms with Crippen LogP contribution in [0.15, 0.2) is 54.6 Å². The molecule has 0 fully saturated rings. The summed E-state index contributed by atoms with van der Waals surface area (Å²) in [5, 5.41) is 10.0. The molecule has 98 valence electrons. The van der Waals surface area contributed by atoms with Crippen molar-refractivity contribution in [3.8, 4) is 5.75 Å². The molecule has 1 atom stereocenters. The Hall–Kier alpha value is -2.00. The first-order chi connectivity index (χ1) is 9.02. The highest BCUT2D eigenvalue weighted by atomic mass is 35.5. The predicted octanol–water partition coefficient (Wildman–Crippen LogP) is 3.72. The molecule has 4 heteroatoms. The van der Waals surface area contributed by atoms with Gasteiger partial charge in [-0.25, -0.2) is 4.79 Å². The van der Waals surface area contributed by atoms with Gasteiger partial charge in [-0.15, -0.1) is 0 Å². The Morgan fingerprint density at radius 2 is 1.68 bits per heavy atom. The second-order valence-electron chi connectivity index (χ2n) is 4.26. The van der Waals surface area contributed by atoms with Crippen LogP contribution in [-0.2, 0) is 10.4 Å². The zero-order valence-corrected chi connectivity index (χ0v) is 11.1. The third-order valence-electron chi connectivity index (χ3n) is 2.87. The third kappa shape index (κ3) is 2.88. The molecule has 0 spiro atoms. The molecule has 0 radical (unpaired) electrons. The van der Waals surface area contributed by atoms with Gasteiger partial charge in [0, 0.05) is 10.6 Å². The Morgan fingerprint density at radius 1 is 1.11 bits per heavy atom. The van der Waals surface area contributed by atoms with E-state index in [1.165, 1.54) is 6.92 Å². The minimum absolute atomic E-state index is 0.457. The second-order valence-corrected chi connectivity index (χ2v) is 4.70. The molecule has 0 aliphatic carbocycles. The van der Waals surface area contributed by atoms with E-state index < -0.39 is 11.6 Å². The zero-order chi connectivity index (χ0) is 13.9. The Bertz CT molecular complexity index is 566. The lowest BCUT2D eigenvalue weighted by atomic mass is 9.96. The molecule has 0 saturated heterocycles. The van der Waals surface area contributed by atoms with Crippen LogP contribution in [-0.4, -0.2) is 11.1 Å². The lowest BCUT2D eigenvalue weighted by Crippen LogP contribution is -2.38. The summed E-state index contributed by atoms with van der Waals surface area (Å²) in [5.41, 5.74) is -0.854. The standard InChI is InChI=1S/C15H13ClO3/c1-15(14(17)18,11-5-3-2-4-6-11)19-13-9-7-12(16)8-10-13/h2-10H,1H3,(H,17,18)/t15-/m1/s1. The number of carbonyl (C=O) groups is 1. The van der Waals surface area contributed by atoms with Crippen LogP contribution in [0.1, 0.15) is 12.5 Å². The largest absolute Gasteiger partial charge is 0.478 e. The topological polar surface area (TPSA) is 46.5 Å². The summed E-state index contributed by atoms with van der Waals surface area (Å²) in [6.07, 6.45) is 0. The Kier molecular flexibility index (Phi) is 3.76. The van der Waals surface area contributed by atoms with Crippen molar-refractivity contribution in [2.45, 2.75) is 12.5 Å². The molecule has 2 rings (SSSR count). The molecule has 3 nitrogen and oxygen atoms in total. The highest BCUT2D eigenvalue weighted by molar-refractivity contribution is 6.30. The number of aliphatic carboxylic acids is 1.